The summed E-state index contributed by atoms with van der Waals surface area (Å²) >= 11 is 0. The first-order chi connectivity index (χ1) is 8.74. The van der Waals surface area contributed by atoms with Gasteiger partial charge in [-0.05, 0) is 19.9 Å². The second kappa shape index (κ2) is 5.39. The lowest BCUT2D eigenvalue weighted by Crippen LogP contribution is -2.05. The van der Waals surface area contributed by atoms with Crippen LogP contribution in [0.2, 0.25) is 0 Å². The van der Waals surface area contributed by atoms with Crippen LogP contribution in [0.25, 0.3) is 11.4 Å². The zero-order valence-corrected chi connectivity index (χ0v) is 10.6. The second-order valence-electron chi connectivity index (χ2n) is 3.66. The van der Waals surface area contributed by atoms with Crippen LogP contribution in [-0.2, 0) is 0 Å². The van der Waals surface area contributed by atoms with Crippen molar-refractivity contribution in [2.75, 3.05) is 19.0 Å². The van der Waals surface area contributed by atoms with E-state index in [0.29, 0.717) is 23.2 Å². The second-order valence-corrected chi connectivity index (χ2v) is 3.66. The molecule has 0 aliphatic rings. The molecule has 6 nitrogen and oxygen atoms in total. The highest BCUT2D eigenvalue weighted by molar-refractivity contribution is 5.61. The maximum atomic E-state index is 5.19. The van der Waals surface area contributed by atoms with Gasteiger partial charge in [0, 0.05) is 24.6 Å². The van der Waals surface area contributed by atoms with E-state index < -0.39 is 0 Å². The molecule has 2 aromatic rings. The van der Waals surface area contributed by atoms with Crippen LogP contribution in [0.15, 0.2) is 18.5 Å². The molecule has 2 rings (SSSR count). The summed E-state index contributed by atoms with van der Waals surface area (Å²) in [6.07, 6.45) is 3.20. The van der Waals surface area contributed by atoms with Crippen LogP contribution in [0.5, 0.6) is 5.88 Å². The number of nitrogens with zero attached hydrogens (tertiary/aromatic N) is 4. The van der Waals surface area contributed by atoms with Crippen molar-refractivity contribution < 1.29 is 4.74 Å². The van der Waals surface area contributed by atoms with Crippen molar-refractivity contribution in [3.8, 4) is 17.3 Å². The van der Waals surface area contributed by atoms with Crippen LogP contribution < -0.4 is 10.1 Å². The third kappa shape index (κ3) is 2.53. The van der Waals surface area contributed by atoms with Crippen molar-refractivity contribution in [1.82, 2.24) is 19.9 Å². The fourth-order valence-corrected chi connectivity index (χ4v) is 1.58. The molecule has 0 unspecified atom stereocenters. The first-order valence-electron chi connectivity index (χ1n) is 5.69. The maximum absolute atomic E-state index is 5.19. The van der Waals surface area contributed by atoms with E-state index in [1.54, 1.807) is 19.5 Å². The number of ether oxygens (including phenoxy) is 1. The molecule has 0 atom stereocenters. The normalized spacial score (nSPS) is 10.2. The number of rotatable bonds is 4. The molecule has 0 saturated heterocycles. The Kier molecular flexibility index (Phi) is 3.66. The highest BCUT2D eigenvalue weighted by Gasteiger charge is 2.11. The van der Waals surface area contributed by atoms with Crippen LogP contribution in [0.1, 0.15) is 12.6 Å². The molecule has 0 spiro atoms. The molecule has 0 radical (unpaired) electrons. The Labute approximate surface area is 105 Å². The first kappa shape index (κ1) is 12.2. The van der Waals surface area contributed by atoms with Crippen molar-refractivity contribution in [1.29, 1.82) is 0 Å². The van der Waals surface area contributed by atoms with Crippen LogP contribution in [0.4, 0.5) is 5.95 Å². The monoisotopic (exact) mass is 245 g/mol. The number of hydrogen-bond acceptors (Lipinski definition) is 6. The van der Waals surface area contributed by atoms with Crippen molar-refractivity contribution >= 4 is 5.95 Å². The van der Waals surface area contributed by atoms with Crippen molar-refractivity contribution in [2.24, 2.45) is 0 Å². The topological polar surface area (TPSA) is 72.8 Å². The molecule has 6 heteroatoms. The van der Waals surface area contributed by atoms with Gasteiger partial charge in [-0.25, -0.2) is 19.9 Å². The summed E-state index contributed by atoms with van der Waals surface area (Å²) < 4.78 is 5.19. The minimum Gasteiger partial charge on any atom is -0.479 e. The Hall–Kier alpha value is -2.24. The molecule has 0 fully saturated rings. The summed E-state index contributed by atoms with van der Waals surface area (Å²) in [7, 11) is 1.56. The molecule has 1 N–H and O–H groups in total. The number of hydrogen-bond donors (Lipinski definition) is 1. The van der Waals surface area contributed by atoms with E-state index in [1.165, 1.54) is 0 Å². The van der Waals surface area contributed by atoms with Crippen molar-refractivity contribution in [2.45, 2.75) is 13.8 Å². The zero-order chi connectivity index (χ0) is 13.0. The number of methoxy groups -OCH3 is 1. The molecule has 0 bridgehead atoms. The quantitative estimate of drug-likeness (QED) is 0.883. The number of aromatic nitrogens is 4. The summed E-state index contributed by atoms with van der Waals surface area (Å²) in [4.78, 5) is 17.1. The predicted molar refractivity (Wildman–Crippen MR) is 68.5 cm³/mol. The maximum Gasteiger partial charge on any atom is 0.241 e. The molecule has 2 aromatic heterocycles. The largest absolute Gasteiger partial charge is 0.479 e. The average molecular weight is 245 g/mol. The van der Waals surface area contributed by atoms with E-state index in [-0.39, 0.29) is 0 Å². The highest BCUT2D eigenvalue weighted by Crippen LogP contribution is 2.24. The van der Waals surface area contributed by atoms with Gasteiger partial charge in [-0.15, -0.1) is 0 Å². The number of nitrogens with one attached hydrogen (secondary N) is 1. The lowest BCUT2D eigenvalue weighted by Gasteiger charge is -2.08. The van der Waals surface area contributed by atoms with Gasteiger partial charge in [0.2, 0.25) is 11.8 Å². The third-order valence-electron chi connectivity index (χ3n) is 2.29. The van der Waals surface area contributed by atoms with E-state index in [1.807, 2.05) is 19.9 Å². The van der Waals surface area contributed by atoms with Crippen LogP contribution >= 0.6 is 0 Å². The Balaban J connectivity index is 2.49. The Morgan fingerprint density at radius 3 is 2.72 bits per heavy atom. The predicted octanol–water partition coefficient (Wildman–Crippen LogP) is 1.68. The Bertz CT molecular complexity index is 544. The smallest absolute Gasteiger partial charge is 0.241 e. The standard InChI is InChI=1S/C12H15N5O/c1-4-13-12-16-8(2)7-9(17-12)10-11(18-3)15-6-5-14-10/h5-7H,4H2,1-3H3,(H,13,16,17). The SMILES string of the molecule is CCNc1nc(C)cc(-c2nccnc2OC)n1. The Morgan fingerprint density at radius 2 is 2.00 bits per heavy atom. The number of aryl methyl sites for hydroxylation is 1. The fourth-order valence-electron chi connectivity index (χ4n) is 1.58. The summed E-state index contributed by atoms with van der Waals surface area (Å²) in [5.41, 5.74) is 2.18. The molecule has 0 aliphatic heterocycles. The van der Waals surface area contributed by atoms with E-state index >= 15 is 0 Å². The van der Waals surface area contributed by atoms with Gasteiger partial charge in [0.25, 0.3) is 0 Å². The minimum absolute atomic E-state index is 0.457. The zero-order valence-electron chi connectivity index (χ0n) is 10.6. The van der Waals surface area contributed by atoms with Crippen molar-refractivity contribution in [3.63, 3.8) is 0 Å². The minimum atomic E-state index is 0.457. The van der Waals surface area contributed by atoms with Gasteiger partial charge in [0.05, 0.1) is 7.11 Å². The van der Waals surface area contributed by atoms with Gasteiger partial charge >= 0.3 is 0 Å². The van der Waals surface area contributed by atoms with E-state index in [2.05, 4.69) is 25.3 Å². The van der Waals surface area contributed by atoms with Crippen LogP contribution in [0.3, 0.4) is 0 Å². The van der Waals surface area contributed by atoms with E-state index in [9.17, 15) is 0 Å². The fraction of sp³-hybridized carbons (Fsp3) is 0.333. The summed E-state index contributed by atoms with van der Waals surface area (Å²) in [5.74, 6) is 1.04. The van der Waals surface area contributed by atoms with E-state index in [0.717, 1.165) is 12.2 Å². The molecule has 0 aromatic carbocycles. The highest BCUT2D eigenvalue weighted by atomic mass is 16.5. The molecular formula is C12H15N5O. The lowest BCUT2D eigenvalue weighted by atomic mass is 10.2. The van der Waals surface area contributed by atoms with Gasteiger partial charge < -0.3 is 10.1 Å². The van der Waals surface area contributed by atoms with Crippen LogP contribution in [-0.4, -0.2) is 33.6 Å². The molecule has 94 valence electrons. The molecule has 18 heavy (non-hydrogen) atoms. The van der Waals surface area contributed by atoms with Gasteiger partial charge in [0.1, 0.15) is 5.69 Å². The van der Waals surface area contributed by atoms with Gasteiger partial charge in [-0.1, -0.05) is 0 Å². The molecule has 2 heterocycles. The molecular weight excluding hydrogens is 230 g/mol. The molecule has 0 saturated carbocycles. The van der Waals surface area contributed by atoms with Gasteiger partial charge in [-0.2, -0.15) is 0 Å². The van der Waals surface area contributed by atoms with Crippen LogP contribution in [0, 0.1) is 6.92 Å². The van der Waals surface area contributed by atoms with E-state index in [4.69, 9.17) is 4.74 Å². The summed E-state index contributed by atoms with van der Waals surface area (Å²) in [5, 5.41) is 3.08. The molecule has 0 amide bonds. The molecule has 0 aliphatic carbocycles. The average Bonchev–Trinajstić information content (AvgIpc) is 2.38. The number of anilines is 1. The van der Waals surface area contributed by atoms with Gasteiger partial charge in [-0.3, -0.25) is 0 Å². The summed E-state index contributed by atoms with van der Waals surface area (Å²) in [6, 6.07) is 1.85. The summed E-state index contributed by atoms with van der Waals surface area (Å²) in [6.45, 7) is 4.67. The Morgan fingerprint density at radius 1 is 1.22 bits per heavy atom. The van der Waals surface area contributed by atoms with Gasteiger partial charge in [0.15, 0.2) is 5.69 Å². The van der Waals surface area contributed by atoms with Crippen molar-refractivity contribution in [3.05, 3.63) is 24.2 Å². The third-order valence-corrected chi connectivity index (χ3v) is 2.29. The first-order valence-corrected chi connectivity index (χ1v) is 5.69. The lowest BCUT2D eigenvalue weighted by molar-refractivity contribution is 0.397.